The summed E-state index contributed by atoms with van der Waals surface area (Å²) in [7, 11) is -3.25. The van der Waals surface area contributed by atoms with Crippen molar-refractivity contribution in [1.82, 2.24) is 30.0 Å². The lowest BCUT2D eigenvalue weighted by Crippen LogP contribution is -2.30. The molecule has 0 aliphatic heterocycles. The van der Waals surface area contributed by atoms with Crippen LogP contribution in [0.5, 0.6) is 0 Å². The SMILES string of the molecule is COC(=O)c1ccc(F)c(S(=O)(=O)N[C@@H](CC(C)C)c2nc(-c3ncn[nH]3)no2)c1. The van der Waals surface area contributed by atoms with Crippen LogP contribution in [-0.2, 0) is 14.8 Å². The molecular formula is C17H19FN6O5S. The number of halogens is 1. The van der Waals surface area contributed by atoms with Crippen molar-refractivity contribution in [2.75, 3.05) is 7.11 Å². The van der Waals surface area contributed by atoms with E-state index >= 15 is 0 Å². The number of nitrogens with one attached hydrogen (secondary N) is 2. The van der Waals surface area contributed by atoms with E-state index in [0.717, 1.165) is 25.3 Å². The normalized spacial score (nSPS) is 12.8. The van der Waals surface area contributed by atoms with Gasteiger partial charge in [0.2, 0.25) is 21.7 Å². The molecule has 0 bridgehead atoms. The van der Waals surface area contributed by atoms with Gasteiger partial charge in [-0.15, -0.1) is 0 Å². The molecule has 11 nitrogen and oxygen atoms in total. The van der Waals surface area contributed by atoms with Crippen LogP contribution in [0.1, 0.15) is 42.6 Å². The van der Waals surface area contributed by atoms with E-state index in [1.807, 2.05) is 13.8 Å². The van der Waals surface area contributed by atoms with Crippen LogP contribution in [0.2, 0.25) is 0 Å². The molecule has 3 rings (SSSR count). The second-order valence-electron chi connectivity index (χ2n) is 6.73. The van der Waals surface area contributed by atoms with Gasteiger partial charge in [-0.1, -0.05) is 19.0 Å². The fraction of sp³-hybridized carbons (Fsp3) is 0.353. The largest absolute Gasteiger partial charge is 0.465 e. The van der Waals surface area contributed by atoms with Crippen molar-refractivity contribution in [3.8, 4) is 11.6 Å². The number of hydrogen-bond acceptors (Lipinski definition) is 9. The molecule has 2 N–H and O–H groups in total. The van der Waals surface area contributed by atoms with E-state index in [2.05, 4.69) is 34.8 Å². The Labute approximate surface area is 171 Å². The van der Waals surface area contributed by atoms with Gasteiger partial charge in [-0.2, -0.15) is 14.8 Å². The maximum atomic E-state index is 14.3. The molecule has 0 spiro atoms. The molecule has 0 radical (unpaired) electrons. The standard InChI is InChI=1S/C17H19FN6O5S/c1-9(2)6-12(16-21-15(23-29-16)14-19-8-20-22-14)24-30(26,27)13-7-10(17(25)28-3)4-5-11(13)18/h4-5,7-9,12,24H,6H2,1-3H3,(H,19,20,22)/t12-/m0/s1. The zero-order valence-electron chi connectivity index (χ0n) is 16.3. The van der Waals surface area contributed by atoms with E-state index < -0.39 is 32.7 Å². The molecule has 30 heavy (non-hydrogen) atoms. The summed E-state index contributed by atoms with van der Waals surface area (Å²) in [6.45, 7) is 3.74. The highest BCUT2D eigenvalue weighted by Gasteiger charge is 2.29. The number of ether oxygens (including phenoxy) is 1. The minimum absolute atomic E-state index is 0.0248. The number of aromatic nitrogens is 5. The second-order valence-corrected chi connectivity index (χ2v) is 8.41. The molecule has 160 valence electrons. The Morgan fingerprint density at radius 3 is 2.77 bits per heavy atom. The van der Waals surface area contributed by atoms with Crippen molar-refractivity contribution >= 4 is 16.0 Å². The zero-order valence-corrected chi connectivity index (χ0v) is 17.1. The zero-order chi connectivity index (χ0) is 21.9. The number of hydrogen-bond donors (Lipinski definition) is 2. The van der Waals surface area contributed by atoms with Crippen molar-refractivity contribution in [1.29, 1.82) is 0 Å². The van der Waals surface area contributed by atoms with Crippen LogP contribution in [0.4, 0.5) is 4.39 Å². The highest BCUT2D eigenvalue weighted by atomic mass is 32.2. The van der Waals surface area contributed by atoms with Crippen molar-refractivity contribution < 1.29 is 26.9 Å². The van der Waals surface area contributed by atoms with Gasteiger partial charge in [0.25, 0.3) is 0 Å². The maximum Gasteiger partial charge on any atom is 0.337 e. The average molecular weight is 438 g/mol. The molecule has 2 heterocycles. The van der Waals surface area contributed by atoms with Crippen LogP contribution in [0.15, 0.2) is 33.9 Å². The van der Waals surface area contributed by atoms with E-state index in [4.69, 9.17) is 4.52 Å². The molecule has 0 saturated carbocycles. The fourth-order valence-electron chi connectivity index (χ4n) is 2.66. The first-order chi connectivity index (χ1) is 14.2. The second kappa shape index (κ2) is 8.67. The number of nitrogens with zero attached hydrogens (tertiary/aromatic N) is 4. The number of carbonyl (C=O) groups is 1. The van der Waals surface area contributed by atoms with Crippen LogP contribution < -0.4 is 4.72 Å². The summed E-state index contributed by atoms with van der Waals surface area (Å²) in [5.74, 6) is -1.47. The van der Waals surface area contributed by atoms with Crippen LogP contribution in [-0.4, -0.2) is 46.8 Å². The third kappa shape index (κ3) is 4.68. The monoisotopic (exact) mass is 438 g/mol. The van der Waals surface area contributed by atoms with Crippen LogP contribution in [0.25, 0.3) is 11.6 Å². The van der Waals surface area contributed by atoms with E-state index in [0.29, 0.717) is 0 Å². The Morgan fingerprint density at radius 2 is 2.13 bits per heavy atom. The maximum absolute atomic E-state index is 14.3. The van der Waals surface area contributed by atoms with E-state index in [-0.39, 0.29) is 35.4 Å². The van der Waals surface area contributed by atoms with Crippen molar-refractivity contribution in [2.45, 2.75) is 31.2 Å². The molecular weight excluding hydrogens is 419 g/mol. The highest BCUT2D eigenvalue weighted by molar-refractivity contribution is 7.89. The van der Waals surface area contributed by atoms with Crippen molar-refractivity contribution in [2.24, 2.45) is 5.92 Å². The summed E-state index contributed by atoms with van der Waals surface area (Å²) >= 11 is 0. The Morgan fingerprint density at radius 1 is 1.37 bits per heavy atom. The molecule has 0 aliphatic carbocycles. The summed E-state index contributed by atoms with van der Waals surface area (Å²) in [6, 6.07) is 1.98. The van der Waals surface area contributed by atoms with Crippen LogP contribution in [0.3, 0.4) is 0 Å². The first kappa shape index (κ1) is 21.5. The number of rotatable bonds is 8. The van der Waals surface area contributed by atoms with Crippen LogP contribution in [0, 0.1) is 11.7 Å². The number of aromatic amines is 1. The molecule has 0 unspecified atom stereocenters. The lowest BCUT2D eigenvalue weighted by Gasteiger charge is -2.17. The fourth-order valence-corrected chi connectivity index (χ4v) is 3.97. The Kier molecular flexibility index (Phi) is 6.22. The van der Waals surface area contributed by atoms with Gasteiger partial charge < -0.3 is 9.26 Å². The molecule has 0 saturated heterocycles. The van der Waals surface area contributed by atoms with Crippen molar-refractivity contribution in [3.05, 3.63) is 41.8 Å². The summed E-state index contributed by atoms with van der Waals surface area (Å²) in [5, 5.41) is 10.0. The van der Waals surface area contributed by atoms with Gasteiger partial charge in [0.05, 0.1) is 12.7 Å². The van der Waals surface area contributed by atoms with Gasteiger partial charge in [0.1, 0.15) is 23.1 Å². The molecule has 3 aromatic rings. The third-order valence-electron chi connectivity index (χ3n) is 4.01. The Balaban J connectivity index is 1.94. The van der Waals surface area contributed by atoms with E-state index in [1.54, 1.807) is 0 Å². The highest BCUT2D eigenvalue weighted by Crippen LogP contribution is 2.25. The lowest BCUT2D eigenvalue weighted by molar-refractivity contribution is 0.0600. The number of H-pyrrole nitrogens is 1. The predicted octanol–water partition coefficient (Wildman–Crippen LogP) is 1.85. The molecule has 2 aromatic heterocycles. The Bertz CT molecular complexity index is 1130. The minimum atomic E-state index is -4.39. The molecule has 0 aliphatic rings. The molecule has 1 aromatic carbocycles. The van der Waals surface area contributed by atoms with Gasteiger partial charge in [0.15, 0.2) is 5.82 Å². The molecule has 1 atom stereocenters. The smallest absolute Gasteiger partial charge is 0.337 e. The van der Waals surface area contributed by atoms with Gasteiger partial charge in [-0.05, 0) is 30.5 Å². The first-order valence-electron chi connectivity index (χ1n) is 8.80. The number of benzene rings is 1. The first-order valence-corrected chi connectivity index (χ1v) is 10.3. The lowest BCUT2D eigenvalue weighted by atomic mass is 10.0. The quantitative estimate of drug-likeness (QED) is 0.502. The van der Waals surface area contributed by atoms with E-state index in [9.17, 15) is 17.6 Å². The van der Waals surface area contributed by atoms with Gasteiger partial charge in [-0.25, -0.2) is 22.6 Å². The van der Waals surface area contributed by atoms with Gasteiger partial charge in [-0.3, -0.25) is 5.10 Å². The van der Waals surface area contributed by atoms with Gasteiger partial charge in [0, 0.05) is 0 Å². The van der Waals surface area contributed by atoms with Crippen molar-refractivity contribution in [3.63, 3.8) is 0 Å². The Hall–Kier alpha value is -3.19. The predicted molar refractivity (Wildman–Crippen MR) is 99.9 cm³/mol. The van der Waals surface area contributed by atoms with Gasteiger partial charge >= 0.3 is 5.97 Å². The topological polar surface area (TPSA) is 153 Å². The number of esters is 1. The molecule has 13 heteroatoms. The summed E-state index contributed by atoms with van der Waals surface area (Å²) < 4.78 is 52.2. The number of carbonyl (C=O) groups excluding carboxylic acids is 1. The van der Waals surface area contributed by atoms with E-state index in [1.165, 1.54) is 6.33 Å². The molecule has 0 amide bonds. The third-order valence-corrected chi connectivity index (χ3v) is 5.50. The van der Waals surface area contributed by atoms with Crippen LogP contribution >= 0.6 is 0 Å². The number of sulfonamides is 1. The minimum Gasteiger partial charge on any atom is -0.465 e. The summed E-state index contributed by atoms with van der Waals surface area (Å²) in [4.78, 5) is 19.1. The average Bonchev–Trinajstić information content (AvgIpc) is 3.38. The number of methoxy groups -OCH3 is 1. The molecule has 0 fully saturated rings. The summed E-state index contributed by atoms with van der Waals surface area (Å²) in [6.07, 6.45) is 1.55. The summed E-state index contributed by atoms with van der Waals surface area (Å²) in [5.41, 5.74) is -0.106.